The molecule has 1 amide bonds. The summed E-state index contributed by atoms with van der Waals surface area (Å²) >= 11 is 0. The van der Waals surface area contributed by atoms with Crippen LogP contribution in [0.4, 0.5) is 5.82 Å². The van der Waals surface area contributed by atoms with Crippen LogP contribution in [0.25, 0.3) is 0 Å². The molecular formula is C23H25N3O2. The number of ether oxygens (including phenoxy) is 1. The highest BCUT2D eigenvalue weighted by atomic mass is 16.5. The third-order valence-electron chi connectivity index (χ3n) is 4.49. The normalized spacial score (nSPS) is 10.4. The van der Waals surface area contributed by atoms with Gasteiger partial charge in [0.25, 0.3) is 5.91 Å². The number of carbonyl (C=O) groups is 1. The molecule has 28 heavy (non-hydrogen) atoms. The van der Waals surface area contributed by atoms with E-state index in [0.717, 1.165) is 17.1 Å². The number of aryl methyl sites for hydroxylation is 1. The smallest absolute Gasteiger partial charge is 0.252 e. The molecule has 0 radical (unpaired) electrons. The molecule has 0 atom stereocenters. The Morgan fingerprint density at radius 2 is 1.82 bits per heavy atom. The Kier molecular flexibility index (Phi) is 6.63. The van der Waals surface area contributed by atoms with E-state index < -0.39 is 0 Å². The highest BCUT2D eigenvalue weighted by molar-refractivity contribution is 5.94. The molecule has 0 saturated heterocycles. The fourth-order valence-corrected chi connectivity index (χ4v) is 2.85. The first-order valence-corrected chi connectivity index (χ1v) is 9.31. The van der Waals surface area contributed by atoms with Gasteiger partial charge in [0.05, 0.1) is 12.7 Å². The number of carbonyl (C=O) groups excluding carboxylic acids is 1. The van der Waals surface area contributed by atoms with Gasteiger partial charge in [-0.15, -0.1) is 0 Å². The highest BCUT2D eigenvalue weighted by Crippen LogP contribution is 2.17. The highest BCUT2D eigenvalue weighted by Gasteiger charge is 2.07. The first-order valence-electron chi connectivity index (χ1n) is 9.31. The molecule has 3 aromatic rings. The Bertz CT molecular complexity index is 906. The maximum absolute atomic E-state index is 12.3. The summed E-state index contributed by atoms with van der Waals surface area (Å²) in [6, 6.07) is 19.8. The van der Waals surface area contributed by atoms with Gasteiger partial charge < -0.3 is 15.4 Å². The SMILES string of the molecule is COc1ccccc1CCNC(=O)c1ccc(NCc2ccc(C)cc2)nc1. The number of nitrogens with one attached hydrogen (secondary N) is 2. The van der Waals surface area contributed by atoms with Crippen molar-refractivity contribution in [3.05, 3.63) is 89.1 Å². The van der Waals surface area contributed by atoms with Gasteiger partial charge in [0.2, 0.25) is 0 Å². The molecule has 5 nitrogen and oxygen atoms in total. The molecule has 2 aromatic carbocycles. The lowest BCUT2D eigenvalue weighted by molar-refractivity contribution is 0.0953. The summed E-state index contributed by atoms with van der Waals surface area (Å²) in [4.78, 5) is 16.6. The number of amides is 1. The van der Waals surface area contributed by atoms with Crippen molar-refractivity contribution in [2.24, 2.45) is 0 Å². The van der Waals surface area contributed by atoms with Gasteiger partial charge >= 0.3 is 0 Å². The lowest BCUT2D eigenvalue weighted by Gasteiger charge is -2.10. The Morgan fingerprint density at radius 1 is 1.04 bits per heavy atom. The van der Waals surface area contributed by atoms with Crippen LogP contribution in [0.15, 0.2) is 66.9 Å². The van der Waals surface area contributed by atoms with Gasteiger partial charge in [0.1, 0.15) is 11.6 Å². The van der Waals surface area contributed by atoms with Crippen LogP contribution in [-0.4, -0.2) is 24.5 Å². The minimum atomic E-state index is -0.132. The average Bonchev–Trinajstić information content (AvgIpc) is 2.74. The van der Waals surface area contributed by atoms with Crippen LogP contribution in [-0.2, 0) is 13.0 Å². The van der Waals surface area contributed by atoms with E-state index in [1.54, 1.807) is 19.4 Å². The molecule has 1 heterocycles. The largest absolute Gasteiger partial charge is 0.496 e. The second-order valence-corrected chi connectivity index (χ2v) is 6.59. The van der Waals surface area contributed by atoms with Crippen LogP contribution >= 0.6 is 0 Å². The van der Waals surface area contributed by atoms with Crippen LogP contribution in [0.2, 0.25) is 0 Å². The number of anilines is 1. The van der Waals surface area contributed by atoms with Crippen LogP contribution in [0.5, 0.6) is 5.75 Å². The molecule has 0 aliphatic carbocycles. The summed E-state index contributed by atoms with van der Waals surface area (Å²) in [7, 11) is 1.65. The molecule has 3 rings (SSSR count). The molecule has 1 aromatic heterocycles. The van der Waals surface area contributed by atoms with Crippen LogP contribution < -0.4 is 15.4 Å². The fraction of sp³-hybridized carbons (Fsp3) is 0.217. The van der Waals surface area contributed by atoms with E-state index in [0.29, 0.717) is 25.1 Å². The Balaban J connectivity index is 1.48. The third kappa shape index (κ3) is 5.33. The molecule has 0 saturated carbocycles. The quantitative estimate of drug-likeness (QED) is 0.625. The Labute approximate surface area is 165 Å². The van der Waals surface area contributed by atoms with E-state index in [-0.39, 0.29) is 5.91 Å². The maximum atomic E-state index is 12.3. The van der Waals surface area contributed by atoms with Crippen molar-refractivity contribution in [3.8, 4) is 5.75 Å². The molecule has 0 aliphatic rings. The zero-order valence-corrected chi connectivity index (χ0v) is 16.2. The van der Waals surface area contributed by atoms with E-state index in [2.05, 4.69) is 46.8 Å². The number of aromatic nitrogens is 1. The second kappa shape index (κ2) is 9.55. The number of pyridine rings is 1. The molecule has 0 bridgehead atoms. The van der Waals surface area contributed by atoms with E-state index in [1.807, 2.05) is 30.3 Å². The monoisotopic (exact) mass is 375 g/mol. The van der Waals surface area contributed by atoms with E-state index >= 15 is 0 Å². The molecule has 0 fully saturated rings. The Hall–Kier alpha value is -3.34. The minimum absolute atomic E-state index is 0.132. The van der Waals surface area contributed by atoms with Crippen molar-refractivity contribution in [2.45, 2.75) is 19.9 Å². The van der Waals surface area contributed by atoms with Gasteiger partial charge in [0, 0.05) is 19.3 Å². The van der Waals surface area contributed by atoms with Gasteiger partial charge in [-0.25, -0.2) is 4.98 Å². The topological polar surface area (TPSA) is 63.2 Å². The van der Waals surface area contributed by atoms with Crippen molar-refractivity contribution in [1.82, 2.24) is 10.3 Å². The molecule has 0 unspecified atom stereocenters. The summed E-state index contributed by atoms with van der Waals surface area (Å²) < 4.78 is 5.33. The lowest BCUT2D eigenvalue weighted by Crippen LogP contribution is -2.25. The second-order valence-electron chi connectivity index (χ2n) is 6.59. The van der Waals surface area contributed by atoms with Gasteiger partial charge in [-0.1, -0.05) is 48.0 Å². The number of nitrogens with zero attached hydrogens (tertiary/aromatic N) is 1. The number of rotatable bonds is 8. The van der Waals surface area contributed by atoms with Crippen LogP contribution in [0.3, 0.4) is 0 Å². The first-order chi connectivity index (χ1) is 13.7. The van der Waals surface area contributed by atoms with Gasteiger partial charge in [-0.3, -0.25) is 4.79 Å². The van der Waals surface area contributed by atoms with Crippen LogP contribution in [0.1, 0.15) is 27.0 Å². The van der Waals surface area contributed by atoms with Crippen LogP contribution in [0, 0.1) is 6.92 Å². The average molecular weight is 375 g/mol. The molecule has 2 N–H and O–H groups in total. The van der Waals surface area contributed by atoms with E-state index in [9.17, 15) is 4.79 Å². The number of methoxy groups -OCH3 is 1. The number of para-hydroxylation sites is 1. The van der Waals surface area contributed by atoms with Crippen molar-refractivity contribution >= 4 is 11.7 Å². The van der Waals surface area contributed by atoms with Crippen molar-refractivity contribution in [3.63, 3.8) is 0 Å². The minimum Gasteiger partial charge on any atom is -0.496 e. The summed E-state index contributed by atoms with van der Waals surface area (Å²) in [5.41, 5.74) is 4.04. The first kappa shape index (κ1) is 19.4. The van der Waals surface area contributed by atoms with E-state index in [1.165, 1.54) is 11.1 Å². The number of hydrogen-bond acceptors (Lipinski definition) is 4. The predicted molar refractivity (Wildman–Crippen MR) is 112 cm³/mol. The van der Waals surface area contributed by atoms with Gasteiger partial charge in [-0.05, 0) is 42.7 Å². The molecule has 0 aliphatic heterocycles. The van der Waals surface area contributed by atoms with Crippen molar-refractivity contribution < 1.29 is 9.53 Å². The molecule has 144 valence electrons. The molecule has 0 spiro atoms. The number of benzene rings is 2. The molecule has 5 heteroatoms. The van der Waals surface area contributed by atoms with Crippen molar-refractivity contribution in [1.29, 1.82) is 0 Å². The summed E-state index contributed by atoms with van der Waals surface area (Å²) in [6.45, 7) is 3.29. The summed E-state index contributed by atoms with van der Waals surface area (Å²) in [5, 5.41) is 6.19. The maximum Gasteiger partial charge on any atom is 0.252 e. The fourth-order valence-electron chi connectivity index (χ4n) is 2.85. The van der Waals surface area contributed by atoms with Crippen molar-refractivity contribution in [2.75, 3.05) is 19.0 Å². The lowest BCUT2D eigenvalue weighted by atomic mass is 10.1. The number of hydrogen-bond donors (Lipinski definition) is 2. The molecular weight excluding hydrogens is 350 g/mol. The van der Waals surface area contributed by atoms with Gasteiger partial charge in [0.15, 0.2) is 0 Å². The zero-order valence-electron chi connectivity index (χ0n) is 16.2. The Morgan fingerprint density at radius 3 is 2.54 bits per heavy atom. The third-order valence-corrected chi connectivity index (χ3v) is 4.49. The summed E-state index contributed by atoms with van der Waals surface area (Å²) in [5.74, 6) is 1.45. The predicted octanol–water partition coefficient (Wildman–Crippen LogP) is 3.98. The van der Waals surface area contributed by atoms with E-state index in [4.69, 9.17) is 4.74 Å². The van der Waals surface area contributed by atoms with Gasteiger partial charge in [-0.2, -0.15) is 0 Å². The summed E-state index contributed by atoms with van der Waals surface area (Å²) in [6.07, 6.45) is 2.30. The zero-order chi connectivity index (χ0) is 19.8. The standard InChI is InChI=1S/C23H25N3O2/c1-17-7-9-18(10-8-17)15-25-22-12-11-20(16-26-22)23(27)24-14-13-19-5-3-4-6-21(19)28-2/h3-12,16H,13-15H2,1-2H3,(H,24,27)(H,25,26).